The summed E-state index contributed by atoms with van der Waals surface area (Å²) in [4.78, 5) is 15.5. The van der Waals surface area contributed by atoms with Gasteiger partial charge in [0.25, 0.3) is 5.91 Å². The number of nitrogens with one attached hydrogen (secondary N) is 1. The molecule has 150 valence electrons. The van der Waals surface area contributed by atoms with Crippen LogP contribution in [0, 0.1) is 12.3 Å². The van der Waals surface area contributed by atoms with Crippen molar-refractivity contribution in [1.29, 1.82) is 0 Å². The summed E-state index contributed by atoms with van der Waals surface area (Å²) in [5.41, 5.74) is 1.86. The lowest BCUT2D eigenvalue weighted by molar-refractivity contribution is 0.0920. The lowest BCUT2D eigenvalue weighted by Gasteiger charge is -2.26. The van der Waals surface area contributed by atoms with Crippen LogP contribution in [-0.2, 0) is 6.54 Å². The van der Waals surface area contributed by atoms with Crippen LogP contribution in [0.25, 0.3) is 11.0 Å². The molecule has 2 heterocycles. The summed E-state index contributed by atoms with van der Waals surface area (Å²) in [6.07, 6.45) is 11.2. The Bertz CT molecular complexity index is 854. The van der Waals surface area contributed by atoms with E-state index in [-0.39, 0.29) is 11.9 Å². The molecule has 1 aliphatic heterocycles. The van der Waals surface area contributed by atoms with Crippen LogP contribution < -0.4 is 10.1 Å². The van der Waals surface area contributed by atoms with E-state index in [1.54, 1.807) is 23.9 Å². The zero-order valence-electron chi connectivity index (χ0n) is 16.8. The van der Waals surface area contributed by atoms with Gasteiger partial charge in [0.1, 0.15) is 17.8 Å². The van der Waals surface area contributed by atoms with Crippen LogP contribution in [0.15, 0.2) is 12.1 Å². The molecule has 0 radical (unpaired) electrons. The van der Waals surface area contributed by atoms with Crippen LogP contribution in [-0.4, -0.2) is 58.6 Å². The van der Waals surface area contributed by atoms with Crippen LogP contribution in [0.5, 0.6) is 5.75 Å². The first kappa shape index (κ1) is 20.2. The molecule has 28 heavy (non-hydrogen) atoms. The molecule has 1 aromatic carbocycles. The zero-order valence-corrected chi connectivity index (χ0v) is 16.8. The van der Waals surface area contributed by atoms with E-state index in [1.165, 1.54) is 19.3 Å². The van der Waals surface area contributed by atoms with Crippen LogP contribution in [0.2, 0.25) is 0 Å². The summed E-state index contributed by atoms with van der Waals surface area (Å²) in [6, 6.07) is 3.64. The number of hydrogen-bond acceptors (Lipinski definition) is 5. The van der Waals surface area contributed by atoms with Crippen molar-refractivity contribution in [1.82, 2.24) is 25.2 Å². The number of ether oxygens (including phenoxy) is 1. The fourth-order valence-corrected chi connectivity index (χ4v) is 3.79. The average Bonchev–Trinajstić information content (AvgIpc) is 3.14. The smallest absolute Gasteiger partial charge is 0.255 e. The van der Waals surface area contributed by atoms with Gasteiger partial charge in [-0.25, -0.2) is 4.68 Å². The molecule has 1 N–H and O–H groups in total. The third kappa shape index (κ3) is 4.63. The molecule has 2 aromatic rings. The Morgan fingerprint density at radius 1 is 1.36 bits per heavy atom. The third-order valence-electron chi connectivity index (χ3n) is 5.36. The largest absolute Gasteiger partial charge is 0.496 e. The molecule has 7 nitrogen and oxygen atoms in total. The first-order chi connectivity index (χ1) is 13.7. The molecule has 1 saturated heterocycles. The van der Waals surface area contributed by atoms with Crippen molar-refractivity contribution in [2.75, 3.05) is 26.7 Å². The normalized spacial score (nSPS) is 18.7. The summed E-state index contributed by atoms with van der Waals surface area (Å²) in [5.74, 6) is 2.92. The topological polar surface area (TPSA) is 72.3 Å². The van der Waals surface area contributed by atoms with Crippen molar-refractivity contribution >= 4 is 16.9 Å². The molecule has 1 atom stereocenters. The standard InChI is InChI=1S/C21H29N5O2/c1-4-11-26-19-14-20(28-3)17(13-18(19)23-24-26)21(27)22-16-10-8-6-7-9-12-25(5-2)15-16/h1,13-14,16H,5-12,15H2,2-3H3,(H,22,27)/t16-/m1/s1. The number of fused-ring (bicyclic) bond motifs is 1. The summed E-state index contributed by atoms with van der Waals surface area (Å²) in [5, 5.41) is 11.4. The van der Waals surface area contributed by atoms with Gasteiger partial charge in [-0.15, -0.1) is 11.5 Å². The predicted molar refractivity (Wildman–Crippen MR) is 109 cm³/mol. The molecule has 0 bridgehead atoms. The van der Waals surface area contributed by atoms with E-state index in [0.29, 0.717) is 23.4 Å². The van der Waals surface area contributed by atoms with Gasteiger partial charge in [0.05, 0.1) is 18.2 Å². The first-order valence-electron chi connectivity index (χ1n) is 10.0. The van der Waals surface area contributed by atoms with E-state index in [0.717, 1.165) is 38.0 Å². The Morgan fingerprint density at radius 2 is 2.18 bits per heavy atom. The highest BCUT2D eigenvalue weighted by molar-refractivity contribution is 6.00. The maximum atomic E-state index is 13.1. The SMILES string of the molecule is C#CCn1nnc2cc(C(=O)N[C@@H]3CCCCCCN(CC)C3)c(OC)cc21. The lowest BCUT2D eigenvalue weighted by atomic mass is 10.1. The van der Waals surface area contributed by atoms with Crippen molar-refractivity contribution in [3.63, 3.8) is 0 Å². The minimum Gasteiger partial charge on any atom is -0.496 e. The second-order valence-electron chi connectivity index (χ2n) is 7.26. The summed E-state index contributed by atoms with van der Waals surface area (Å²) in [7, 11) is 1.56. The van der Waals surface area contributed by atoms with Crippen LogP contribution in [0.4, 0.5) is 0 Å². The number of terminal acetylenes is 1. The minimum absolute atomic E-state index is 0.128. The maximum absolute atomic E-state index is 13.1. The van der Waals surface area contributed by atoms with E-state index in [9.17, 15) is 4.79 Å². The molecule has 1 amide bonds. The molecule has 0 aliphatic carbocycles. The number of aromatic nitrogens is 3. The highest BCUT2D eigenvalue weighted by Gasteiger charge is 2.21. The molecular formula is C21H29N5O2. The molecule has 3 rings (SSSR count). The lowest BCUT2D eigenvalue weighted by Crippen LogP contribution is -2.43. The van der Waals surface area contributed by atoms with Gasteiger partial charge in [-0.2, -0.15) is 0 Å². The molecule has 1 aliphatic rings. The van der Waals surface area contributed by atoms with Crippen LogP contribution in [0.3, 0.4) is 0 Å². The van der Waals surface area contributed by atoms with Crippen molar-refractivity contribution in [3.05, 3.63) is 17.7 Å². The van der Waals surface area contributed by atoms with Gasteiger partial charge in [-0.1, -0.05) is 37.3 Å². The molecule has 0 unspecified atom stereocenters. The molecule has 0 saturated carbocycles. The quantitative estimate of drug-likeness (QED) is 0.803. The number of likely N-dealkylation sites (N-methyl/N-ethyl adjacent to an activating group) is 1. The predicted octanol–water partition coefficient (Wildman–Crippen LogP) is 2.46. The Balaban J connectivity index is 1.82. The van der Waals surface area contributed by atoms with Gasteiger partial charge >= 0.3 is 0 Å². The number of methoxy groups -OCH3 is 1. The number of rotatable bonds is 5. The maximum Gasteiger partial charge on any atom is 0.255 e. The van der Waals surface area contributed by atoms with E-state index >= 15 is 0 Å². The van der Waals surface area contributed by atoms with Gasteiger partial charge in [-0.05, 0) is 32.0 Å². The van der Waals surface area contributed by atoms with E-state index in [4.69, 9.17) is 11.2 Å². The van der Waals surface area contributed by atoms with Crippen molar-refractivity contribution in [2.45, 2.75) is 51.6 Å². The van der Waals surface area contributed by atoms with Crippen molar-refractivity contribution in [3.8, 4) is 18.1 Å². The van der Waals surface area contributed by atoms with Gasteiger partial charge in [0.2, 0.25) is 0 Å². The number of benzene rings is 1. The summed E-state index contributed by atoms with van der Waals surface area (Å²) < 4.78 is 7.10. The van der Waals surface area contributed by atoms with Crippen LogP contribution >= 0.6 is 0 Å². The van der Waals surface area contributed by atoms with E-state index in [2.05, 4.69) is 33.4 Å². The number of amides is 1. The Hall–Kier alpha value is -2.59. The van der Waals surface area contributed by atoms with Crippen molar-refractivity contribution in [2.24, 2.45) is 0 Å². The van der Waals surface area contributed by atoms with E-state index in [1.807, 2.05) is 0 Å². The summed E-state index contributed by atoms with van der Waals surface area (Å²) >= 11 is 0. The molecular weight excluding hydrogens is 354 g/mol. The zero-order chi connectivity index (χ0) is 19.9. The molecule has 1 aromatic heterocycles. The third-order valence-corrected chi connectivity index (χ3v) is 5.36. The molecule has 7 heteroatoms. The highest BCUT2D eigenvalue weighted by atomic mass is 16.5. The molecule has 1 fully saturated rings. The Labute approximate surface area is 166 Å². The number of nitrogens with zero attached hydrogens (tertiary/aromatic N) is 4. The van der Waals surface area contributed by atoms with Crippen LogP contribution in [0.1, 0.15) is 49.4 Å². The molecule has 0 spiro atoms. The second kappa shape index (κ2) is 9.56. The summed E-state index contributed by atoms with van der Waals surface area (Å²) in [6.45, 7) is 5.47. The van der Waals surface area contributed by atoms with Gasteiger partial charge < -0.3 is 15.0 Å². The number of hydrogen-bond donors (Lipinski definition) is 1. The minimum atomic E-state index is -0.134. The highest BCUT2D eigenvalue weighted by Crippen LogP contribution is 2.25. The Morgan fingerprint density at radius 3 is 2.93 bits per heavy atom. The number of carbonyl (C=O) groups excluding carboxylic acids is 1. The monoisotopic (exact) mass is 383 g/mol. The van der Waals surface area contributed by atoms with Crippen molar-refractivity contribution < 1.29 is 9.53 Å². The van der Waals surface area contributed by atoms with Gasteiger partial charge in [-0.3, -0.25) is 4.79 Å². The Kier molecular flexibility index (Phi) is 6.88. The second-order valence-corrected chi connectivity index (χ2v) is 7.26. The fourth-order valence-electron chi connectivity index (χ4n) is 3.79. The fraction of sp³-hybridized carbons (Fsp3) is 0.571. The van der Waals surface area contributed by atoms with Gasteiger partial charge in [0.15, 0.2) is 0 Å². The number of carbonyl (C=O) groups is 1. The van der Waals surface area contributed by atoms with E-state index < -0.39 is 0 Å². The first-order valence-corrected chi connectivity index (χ1v) is 10.0. The van der Waals surface area contributed by atoms with Gasteiger partial charge in [0, 0.05) is 18.7 Å². The average molecular weight is 383 g/mol.